The molecule has 0 N–H and O–H groups in total. The van der Waals surface area contributed by atoms with E-state index in [0.717, 1.165) is 5.65 Å². The number of anilines is 1. The predicted molar refractivity (Wildman–Crippen MR) is 86.7 cm³/mol. The lowest BCUT2D eigenvalue weighted by Crippen LogP contribution is -2.49. The van der Waals surface area contributed by atoms with E-state index in [2.05, 4.69) is 16.0 Å². The number of hydrogen-bond donors (Lipinski definition) is 0. The zero-order valence-electron chi connectivity index (χ0n) is 12.9. The largest absolute Gasteiger partial charge is 0.459 e. The molecule has 4 rings (SSSR count). The highest BCUT2D eigenvalue weighted by Crippen LogP contribution is 2.22. The SMILES string of the molecule is N#Cc1c(N2CCN(C(=O)c3ccco3)CC2)nc2ccccn12. The molecule has 7 heteroatoms. The van der Waals surface area contributed by atoms with Crippen molar-refractivity contribution in [3.63, 3.8) is 0 Å². The maximum absolute atomic E-state index is 12.3. The number of rotatable bonds is 2. The van der Waals surface area contributed by atoms with Gasteiger partial charge in [0.05, 0.1) is 6.26 Å². The third-order valence-electron chi connectivity index (χ3n) is 4.22. The van der Waals surface area contributed by atoms with Gasteiger partial charge < -0.3 is 14.2 Å². The van der Waals surface area contributed by atoms with Gasteiger partial charge in [0, 0.05) is 32.4 Å². The third kappa shape index (κ3) is 2.29. The van der Waals surface area contributed by atoms with Crippen LogP contribution in [-0.4, -0.2) is 46.4 Å². The number of carbonyl (C=O) groups excluding carboxylic acids is 1. The van der Waals surface area contributed by atoms with Crippen LogP contribution >= 0.6 is 0 Å². The van der Waals surface area contributed by atoms with Gasteiger partial charge in [-0.15, -0.1) is 0 Å². The van der Waals surface area contributed by atoms with Gasteiger partial charge >= 0.3 is 0 Å². The molecule has 1 amide bonds. The molecule has 3 aromatic rings. The van der Waals surface area contributed by atoms with Gasteiger partial charge in [-0.25, -0.2) is 4.98 Å². The van der Waals surface area contributed by atoms with Crippen molar-refractivity contribution in [2.24, 2.45) is 0 Å². The molecule has 1 fully saturated rings. The number of nitriles is 1. The van der Waals surface area contributed by atoms with Gasteiger partial charge in [-0.1, -0.05) is 6.07 Å². The normalized spacial score (nSPS) is 14.8. The molecule has 0 radical (unpaired) electrons. The van der Waals surface area contributed by atoms with Crippen molar-refractivity contribution in [2.45, 2.75) is 0 Å². The van der Waals surface area contributed by atoms with Crippen molar-refractivity contribution in [1.82, 2.24) is 14.3 Å². The molecule has 120 valence electrons. The van der Waals surface area contributed by atoms with Crippen molar-refractivity contribution in [2.75, 3.05) is 31.1 Å². The number of pyridine rings is 1. The van der Waals surface area contributed by atoms with E-state index in [4.69, 9.17) is 4.42 Å². The molecule has 24 heavy (non-hydrogen) atoms. The summed E-state index contributed by atoms with van der Waals surface area (Å²) in [5, 5.41) is 9.49. The number of aromatic nitrogens is 2. The number of imidazole rings is 1. The van der Waals surface area contributed by atoms with Gasteiger partial charge in [0.2, 0.25) is 0 Å². The summed E-state index contributed by atoms with van der Waals surface area (Å²) >= 11 is 0. The number of furan rings is 1. The van der Waals surface area contributed by atoms with E-state index in [1.807, 2.05) is 24.4 Å². The van der Waals surface area contributed by atoms with E-state index >= 15 is 0 Å². The standard InChI is InChI=1S/C17H15N5O2/c18-12-13-16(19-15-5-1-2-6-22(13)15)20-7-9-21(10-8-20)17(23)14-4-3-11-24-14/h1-6,11H,7-10H2. The molecular weight excluding hydrogens is 306 g/mol. The number of hydrogen-bond acceptors (Lipinski definition) is 5. The van der Waals surface area contributed by atoms with Gasteiger partial charge in [-0.2, -0.15) is 5.26 Å². The Hall–Kier alpha value is -3.27. The molecule has 7 nitrogen and oxygen atoms in total. The summed E-state index contributed by atoms with van der Waals surface area (Å²) in [5.41, 5.74) is 1.27. The zero-order valence-corrected chi connectivity index (χ0v) is 12.9. The Balaban J connectivity index is 1.54. The van der Waals surface area contributed by atoms with Crippen LogP contribution in [0.25, 0.3) is 5.65 Å². The van der Waals surface area contributed by atoms with E-state index in [1.165, 1.54) is 6.26 Å². The first-order chi connectivity index (χ1) is 11.8. The van der Waals surface area contributed by atoms with Crippen molar-refractivity contribution in [3.05, 3.63) is 54.2 Å². The van der Waals surface area contributed by atoms with Gasteiger partial charge in [0.15, 0.2) is 17.3 Å². The first-order valence-corrected chi connectivity index (χ1v) is 7.73. The second-order valence-corrected chi connectivity index (χ2v) is 5.58. The number of nitrogens with zero attached hydrogens (tertiary/aromatic N) is 5. The molecule has 4 heterocycles. The quantitative estimate of drug-likeness (QED) is 0.719. The van der Waals surface area contributed by atoms with Crippen LogP contribution in [0.2, 0.25) is 0 Å². The molecule has 0 spiro atoms. The molecule has 0 unspecified atom stereocenters. The summed E-state index contributed by atoms with van der Waals surface area (Å²) in [4.78, 5) is 20.7. The number of carbonyl (C=O) groups is 1. The van der Waals surface area contributed by atoms with Crippen LogP contribution in [0, 0.1) is 11.3 Å². The van der Waals surface area contributed by atoms with Gasteiger partial charge in [-0.05, 0) is 24.3 Å². The maximum Gasteiger partial charge on any atom is 0.289 e. The van der Waals surface area contributed by atoms with Crippen LogP contribution in [0.15, 0.2) is 47.2 Å². The van der Waals surface area contributed by atoms with E-state index in [9.17, 15) is 10.1 Å². The van der Waals surface area contributed by atoms with Crippen molar-refractivity contribution >= 4 is 17.4 Å². The fourth-order valence-electron chi connectivity index (χ4n) is 2.99. The Bertz CT molecular complexity index is 914. The lowest BCUT2D eigenvalue weighted by atomic mass is 10.2. The number of piperazine rings is 1. The van der Waals surface area contributed by atoms with Crippen molar-refractivity contribution in [1.29, 1.82) is 5.26 Å². The summed E-state index contributed by atoms with van der Waals surface area (Å²) < 4.78 is 6.96. The van der Waals surface area contributed by atoms with Crippen molar-refractivity contribution < 1.29 is 9.21 Å². The van der Waals surface area contributed by atoms with Gasteiger partial charge in [0.1, 0.15) is 11.7 Å². The second-order valence-electron chi connectivity index (χ2n) is 5.58. The Labute approximate surface area is 138 Å². The molecule has 0 atom stereocenters. The fraction of sp³-hybridized carbons (Fsp3) is 0.235. The minimum absolute atomic E-state index is 0.102. The molecule has 3 aromatic heterocycles. The van der Waals surface area contributed by atoms with Crippen LogP contribution in [0.1, 0.15) is 16.2 Å². The maximum atomic E-state index is 12.3. The number of amides is 1. The van der Waals surface area contributed by atoms with Gasteiger partial charge in [-0.3, -0.25) is 9.20 Å². The Morgan fingerprint density at radius 2 is 2.00 bits per heavy atom. The average molecular weight is 321 g/mol. The first-order valence-electron chi connectivity index (χ1n) is 7.73. The van der Waals surface area contributed by atoms with Crippen LogP contribution in [-0.2, 0) is 0 Å². The highest BCUT2D eigenvalue weighted by atomic mass is 16.3. The summed E-state index contributed by atoms with van der Waals surface area (Å²) in [7, 11) is 0. The molecule has 1 aliphatic rings. The molecule has 0 aromatic carbocycles. The summed E-state index contributed by atoms with van der Waals surface area (Å²) in [6.45, 7) is 2.40. The zero-order chi connectivity index (χ0) is 16.5. The minimum Gasteiger partial charge on any atom is -0.459 e. The van der Waals surface area contributed by atoms with E-state index in [0.29, 0.717) is 43.5 Å². The minimum atomic E-state index is -0.102. The van der Waals surface area contributed by atoms with Crippen LogP contribution < -0.4 is 4.90 Å². The molecule has 0 bridgehead atoms. The molecule has 0 saturated carbocycles. The monoisotopic (exact) mass is 321 g/mol. The van der Waals surface area contributed by atoms with Crippen molar-refractivity contribution in [3.8, 4) is 6.07 Å². The second kappa shape index (κ2) is 5.74. The molecule has 0 aliphatic carbocycles. The first kappa shape index (κ1) is 14.3. The van der Waals surface area contributed by atoms with Crippen LogP contribution in [0.3, 0.4) is 0 Å². The summed E-state index contributed by atoms with van der Waals surface area (Å²) in [6, 6.07) is 11.3. The molecule has 1 saturated heterocycles. The average Bonchev–Trinajstić information content (AvgIpc) is 3.28. The fourth-order valence-corrected chi connectivity index (χ4v) is 2.99. The van der Waals surface area contributed by atoms with E-state index in [-0.39, 0.29) is 5.91 Å². The van der Waals surface area contributed by atoms with Crippen LogP contribution in [0.4, 0.5) is 5.82 Å². The Kier molecular flexibility index (Phi) is 3.43. The Morgan fingerprint density at radius 3 is 2.71 bits per heavy atom. The molecule has 1 aliphatic heterocycles. The summed E-state index contributed by atoms with van der Waals surface area (Å²) in [5.74, 6) is 0.929. The molecular formula is C17H15N5O2. The van der Waals surface area contributed by atoms with Crippen LogP contribution in [0.5, 0.6) is 0 Å². The lowest BCUT2D eigenvalue weighted by Gasteiger charge is -2.34. The highest BCUT2D eigenvalue weighted by molar-refractivity contribution is 5.91. The lowest BCUT2D eigenvalue weighted by molar-refractivity contribution is 0.0714. The highest BCUT2D eigenvalue weighted by Gasteiger charge is 2.26. The predicted octanol–water partition coefficient (Wildman–Crippen LogP) is 1.76. The van der Waals surface area contributed by atoms with E-state index < -0.39 is 0 Å². The topological polar surface area (TPSA) is 77.8 Å². The summed E-state index contributed by atoms with van der Waals surface area (Å²) in [6.07, 6.45) is 3.33. The van der Waals surface area contributed by atoms with E-state index in [1.54, 1.807) is 21.4 Å². The number of fused-ring (bicyclic) bond motifs is 1. The third-order valence-corrected chi connectivity index (χ3v) is 4.22. The Morgan fingerprint density at radius 1 is 1.17 bits per heavy atom. The smallest absolute Gasteiger partial charge is 0.289 e. The van der Waals surface area contributed by atoms with Gasteiger partial charge in [0.25, 0.3) is 5.91 Å².